The lowest BCUT2D eigenvalue weighted by Gasteiger charge is -2.15. The quantitative estimate of drug-likeness (QED) is 0.227. The molecule has 0 amide bonds. The van der Waals surface area contributed by atoms with Gasteiger partial charge < -0.3 is 0 Å². The van der Waals surface area contributed by atoms with Crippen LogP contribution >= 0.6 is 11.8 Å². The number of nitrogens with zero attached hydrogens (tertiary/aromatic N) is 2. The molecule has 188 valence electrons. The van der Waals surface area contributed by atoms with E-state index in [9.17, 15) is 0 Å². The van der Waals surface area contributed by atoms with Gasteiger partial charge in [-0.2, -0.15) is 0 Å². The summed E-state index contributed by atoms with van der Waals surface area (Å²) in [7, 11) is 0. The van der Waals surface area contributed by atoms with Crippen LogP contribution in [0.3, 0.4) is 0 Å². The Balaban J connectivity index is 1.47. The summed E-state index contributed by atoms with van der Waals surface area (Å²) in [6.45, 7) is 0. The van der Waals surface area contributed by atoms with Gasteiger partial charge in [0.2, 0.25) is 0 Å². The van der Waals surface area contributed by atoms with Gasteiger partial charge in [0.25, 0.3) is 0 Å². The predicted molar refractivity (Wildman–Crippen MR) is 169 cm³/mol. The SMILES string of the molecule is C1=Cc2ccc3c4ccccc4n(-c4cc(-c5ccccc5)cc(-c5ccccc5)n4)c3c2Sc2ccccc21. The first-order valence-electron chi connectivity index (χ1n) is 13.5. The summed E-state index contributed by atoms with van der Waals surface area (Å²) >= 11 is 1.85. The standard InChI is InChI=1S/C37H24N2S/c1-3-11-25(12-4-1)29-23-32(26-13-5-2-6-14-26)38-35(24-29)39-33-17-9-8-16-30(33)31-22-21-28-20-19-27-15-7-10-18-34(27)40-37(28)36(31)39/h1-24H. The van der Waals surface area contributed by atoms with Crippen molar-refractivity contribution in [1.82, 2.24) is 9.55 Å². The van der Waals surface area contributed by atoms with Crippen LogP contribution in [0.15, 0.2) is 143 Å². The first-order chi connectivity index (χ1) is 19.8. The Morgan fingerprint density at radius 3 is 2.08 bits per heavy atom. The van der Waals surface area contributed by atoms with Crippen molar-refractivity contribution in [2.24, 2.45) is 0 Å². The summed E-state index contributed by atoms with van der Waals surface area (Å²) in [4.78, 5) is 7.84. The number of para-hydroxylation sites is 1. The van der Waals surface area contributed by atoms with Gasteiger partial charge in [-0.05, 0) is 46.5 Å². The Morgan fingerprint density at radius 2 is 1.23 bits per heavy atom. The highest BCUT2D eigenvalue weighted by Crippen LogP contribution is 2.45. The topological polar surface area (TPSA) is 17.8 Å². The van der Waals surface area contributed by atoms with E-state index in [4.69, 9.17) is 4.98 Å². The highest BCUT2D eigenvalue weighted by atomic mass is 32.2. The first-order valence-corrected chi connectivity index (χ1v) is 14.3. The third kappa shape index (κ3) is 3.78. The molecule has 0 bridgehead atoms. The molecule has 0 spiro atoms. The van der Waals surface area contributed by atoms with E-state index in [0.717, 1.165) is 28.2 Å². The van der Waals surface area contributed by atoms with Crippen LogP contribution in [-0.2, 0) is 0 Å². The number of fused-ring (bicyclic) bond motifs is 6. The molecule has 0 saturated heterocycles. The lowest BCUT2D eigenvalue weighted by atomic mass is 10.0. The fourth-order valence-electron chi connectivity index (χ4n) is 5.70. The maximum Gasteiger partial charge on any atom is 0.138 e. The third-order valence-electron chi connectivity index (χ3n) is 7.61. The van der Waals surface area contributed by atoms with E-state index < -0.39 is 0 Å². The van der Waals surface area contributed by atoms with Crippen LogP contribution < -0.4 is 0 Å². The Hall–Kier alpha value is -4.86. The van der Waals surface area contributed by atoms with Crippen molar-refractivity contribution in [2.45, 2.75) is 9.79 Å². The van der Waals surface area contributed by atoms with Gasteiger partial charge in [0.15, 0.2) is 0 Å². The first kappa shape index (κ1) is 23.1. The zero-order chi connectivity index (χ0) is 26.5. The van der Waals surface area contributed by atoms with Crippen LogP contribution in [-0.4, -0.2) is 9.55 Å². The summed E-state index contributed by atoms with van der Waals surface area (Å²) in [6.07, 6.45) is 4.48. The molecule has 5 aromatic carbocycles. The number of pyridine rings is 1. The number of hydrogen-bond donors (Lipinski definition) is 0. The second-order valence-corrected chi connectivity index (χ2v) is 11.1. The molecule has 0 unspecified atom stereocenters. The molecule has 1 aliphatic rings. The molecule has 3 heterocycles. The third-order valence-corrected chi connectivity index (χ3v) is 8.84. The van der Waals surface area contributed by atoms with Crippen molar-refractivity contribution in [3.05, 3.63) is 145 Å². The molecule has 8 rings (SSSR count). The lowest BCUT2D eigenvalue weighted by Crippen LogP contribution is -2.01. The van der Waals surface area contributed by atoms with Crippen molar-refractivity contribution in [2.75, 3.05) is 0 Å². The van der Waals surface area contributed by atoms with E-state index in [2.05, 4.69) is 150 Å². The van der Waals surface area contributed by atoms with E-state index in [0.29, 0.717) is 0 Å². The molecule has 40 heavy (non-hydrogen) atoms. The smallest absolute Gasteiger partial charge is 0.138 e. The second kappa shape index (κ2) is 9.41. The molecular weight excluding hydrogens is 504 g/mol. The van der Waals surface area contributed by atoms with Crippen molar-refractivity contribution < 1.29 is 0 Å². The maximum absolute atomic E-state index is 5.32. The largest absolute Gasteiger partial charge is 0.293 e. The molecule has 3 heteroatoms. The molecule has 2 nitrogen and oxygen atoms in total. The van der Waals surface area contributed by atoms with Gasteiger partial charge in [-0.1, -0.05) is 133 Å². The Bertz CT molecular complexity index is 2010. The van der Waals surface area contributed by atoms with E-state index in [1.807, 2.05) is 11.8 Å². The van der Waals surface area contributed by atoms with E-state index in [1.54, 1.807) is 0 Å². The number of hydrogen-bond acceptors (Lipinski definition) is 2. The summed E-state index contributed by atoms with van der Waals surface area (Å²) in [5, 5.41) is 2.47. The average Bonchev–Trinajstić information content (AvgIpc) is 3.24. The van der Waals surface area contributed by atoms with Crippen LogP contribution in [0.2, 0.25) is 0 Å². The van der Waals surface area contributed by atoms with Gasteiger partial charge >= 0.3 is 0 Å². The normalized spacial score (nSPS) is 12.3. The molecule has 0 saturated carbocycles. The van der Waals surface area contributed by atoms with Crippen LogP contribution in [0.25, 0.3) is 62.2 Å². The van der Waals surface area contributed by atoms with Gasteiger partial charge in [0.05, 0.1) is 16.7 Å². The Morgan fingerprint density at radius 1 is 0.525 bits per heavy atom. The van der Waals surface area contributed by atoms with Crippen LogP contribution in [0.5, 0.6) is 0 Å². The molecule has 7 aromatic rings. The summed E-state index contributed by atoms with van der Waals surface area (Å²) in [5.41, 5.74) is 9.21. The fraction of sp³-hybridized carbons (Fsp3) is 0. The van der Waals surface area contributed by atoms with E-state index in [1.165, 1.54) is 42.8 Å². The number of rotatable bonds is 3. The minimum Gasteiger partial charge on any atom is -0.293 e. The molecule has 0 fully saturated rings. The Labute approximate surface area is 237 Å². The van der Waals surface area contributed by atoms with Crippen molar-refractivity contribution in [1.29, 1.82) is 0 Å². The zero-order valence-electron chi connectivity index (χ0n) is 21.7. The number of benzene rings is 5. The minimum absolute atomic E-state index is 0.918. The lowest BCUT2D eigenvalue weighted by molar-refractivity contribution is 1.07. The van der Waals surface area contributed by atoms with Gasteiger partial charge in [-0.15, -0.1) is 0 Å². The van der Waals surface area contributed by atoms with Crippen LogP contribution in [0, 0.1) is 0 Å². The number of aromatic nitrogens is 2. The van der Waals surface area contributed by atoms with Crippen LogP contribution in [0.1, 0.15) is 11.1 Å². The second-order valence-electron chi connectivity index (χ2n) is 10.0. The summed E-state index contributed by atoms with van der Waals surface area (Å²) < 4.78 is 2.37. The monoisotopic (exact) mass is 528 g/mol. The molecule has 0 atom stereocenters. The van der Waals surface area contributed by atoms with Gasteiger partial charge in [0, 0.05) is 26.1 Å². The molecule has 0 N–H and O–H groups in total. The minimum atomic E-state index is 0.918. The van der Waals surface area contributed by atoms with Gasteiger partial charge in [-0.25, -0.2) is 4.98 Å². The van der Waals surface area contributed by atoms with Crippen molar-refractivity contribution in [3.63, 3.8) is 0 Å². The molecule has 0 radical (unpaired) electrons. The molecule has 2 aromatic heterocycles. The molecule has 0 aliphatic carbocycles. The van der Waals surface area contributed by atoms with Crippen LogP contribution in [0.4, 0.5) is 0 Å². The Kier molecular flexibility index (Phi) is 5.42. The van der Waals surface area contributed by atoms with Crippen molar-refractivity contribution in [3.8, 4) is 28.2 Å². The molecular formula is C37H24N2S. The fourth-order valence-corrected chi connectivity index (χ4v) is 6.88. The highest BCUT2D eigenvalue weighted by molar-refractivity contribution is 7.99. The average molecular weight is 529 g/mol. The van der Waals surface area contributed by atoms with E-state index in [-0.39, 0.29) is 0 Å². The van der Waals surface area contributed by atoms with E-state index >= 15 is 0 Å². The van der Waals surface area contributed by atoms with Gasteiger partial charge in [0.1, 0.15) is 5.82 Å². The predicted octanol–water partition coefficient (Wildman–Crippen LogP) is 10.1. The summed E-state index contributed by atoms with van der Waals surface area (Å²) in [5.74, 6) is 0.918. The van der Waals surface area contributed by atoms with Crippen molar-refractivity contribution >= 4 is 45.7 Å². The van der Waals surface area contributed by atoms with Gasteiger partial charge in [-0.3, -0.25) is 4.57 Å². The maximum atomic E-state index is 5.32. The summed E-state index contributed by atoms with van der Waals surface area (Å²) in [6, 6.07) is 47.4. The zero-order valence-corrected chi connectivity index (χ0v) is 22.5. The molecule has 1 aliphatic heterocycles. The highest BCUT2D eigenvalue weighted by Gasteiger charge is 2.21.